The maximum Gasteiger partial charge on any atom is 0.0661 e. The molecule has 4 aromatic carbocycles. The number of rotatable bonds is 1. The van der Waals surface area contributed by atoms with Crippen LogP contribution in [0.15, 0.2) is 84.9 Å². The Morgan fingerprint density at radius 3 is 2.07 bits per heavy atom. The van der Waals surface area contributed by atoms with Crippen LogP contribution in [0.5, 0.6) is 0 Å². The van der Waals surface area contributed by atoms with E-state index >= 15 is 0 Å². The monoisotopic (exact) mass is 366 g/mol. The standard InChI is InChI=1S/C24H15ClN2/c25-27-23-8-4-2-6-18(23)20-14-16(10-12-24(20)27)15-9-11-22-19(13-15)17-5-1-3-7-21(17)26-22/h1-14,26H. The van der Waals surface area contributed by atoms with Gasteiger partial charge < -0.3 is 4.98 Å². The molecule has 0 unspecified atom stereocenters. The van der Waals surface area contributed by atoms with E-state index in [1.807, 2.05) is 6.07 Å². The van der Waals surface area contributed by atoms with Crippen LogP contribution in [-0.4, -0.2) is 9.07 Å². The molecule has 3 heteroatoms. The van der Waals surface area contributed by atoms with E-state index in [2.05, 4.69) is 83.8 Å². The van der Waals surface area contributed by atoms with Crippen molar-refractivity contribution < 1.29 is 0 Å². The highest BCUT2D eigenvalue weighted by molar-refractivity contribution is 6.26. The molecule has 0 radical (unpaired) electrons. The van der Waals surface area contributed by atoms with Crippen LogP contribution >= 0.6 is 11.8 Å². The third-order valence-electron chi connectivity index (χ3n) is 5.45. The van der Waals surface area contributed by atoms with Gasteiger partial charge in [0.1, 0.15) is 0 Å². The molecule has 0 atom stereocenters. The quantitative estimate of drug-likeness (QED) is 0.320. The van der Waals surface area contributed by atoms with E-state index in [1.54, 1.807) is 4.09 Å². The summed E-state index contributed by atoms with van der Waals surface area (Å²) in [5.74, 6) is 0. The van der Waals surface area contributed by atoms with Crippen molar-refractivity contribution >= 4 is 55.4 Å². The van der Waals surface area contributed by atoms with Gasteiger partial charge in [0, 0.05) is 44.4 Å². The number of halogens is 1. The number of hydrogen-bond acceptors (Lipinski definition) is 0. The summed E-state index contributed by atoms with van der Waals surface area (Å²) in [5.41, 5.74) is 6.82. The first kappa shape index (κ1) is 14.9. The number of nitrogens with one attached hydrogen (secondary N) is 1. The summed E-state index contributed by atoms with van der Waals surface area (Å²) in [6.07, 6.45) is 0. The van der Waals surface area contributed by atoms with Crippen LogP contribution in [0, 0.1) is 0 Å². The van der Waals surface area contributed by atoms with Gasteiger partial charge in [0.25, 0.3) is 0 Å². The minimum atomic E-state index is 1.04. The Bertz CT molecular complexity index is 1490. The Kier molecular flexibility index (Phi) is 2.97. The van der Waals surface area contributed by atoms with E-state index in [-0.39, 0.29) is 0 Å². The molecule has 0 fully saturated rings. The van der Waals surface area contributed by atoms with E-state index in [9.17, 15) is 0 Å². The normalized spacial score (nSPS) is 11.9. The second-order valence-corrected chi connectivity index (χ2v) is 7.30. The summed E-state index contributed by atoms with van der Waals surface area (Å²) >= 11 is 6.53. The van der Waals surface area contributed by atoms with Gasteiger partial charge in [0.15, 0.2) is 0 Å². The van der Waals surface area contributed by atoms with Crippen molar-refractivity contribution in [3.63, 3.8) is 0 Å². The first-order valence-electron chi connectivity index (χ1n) is 9.00. The summed E-state index contributed by atoms with van der Waals surface area (Å²) in [6.45, 7) is 0. The molecule has 128 valence electrons. The van der Waals surface area contributed by atoms with Gasteiger partial charge in [-0.25, -0.2) is 0 Å². The van der Waals surface area contributed by atoms with Crippen LogP contribution in [0.25, 0.3) is 54.7 Å². The van der Waals surface area contributed by atoms with Crippen molar-refractivity contribution in [1.29, 1.82) is 0 Å². The van der Waals surface area contributed by atoms with E-state index in [4.69, 9.17) is 11.8 Å². The summed E-state index contributed by atoms with van der Waals surface area (Å²) in [4.78, 5) is 3.49. The van der Waals surface area contributed by atoms with Crippen LogP contribution < -0.4 is 0 Å². The minimum Gasteiger partial charge on any atom is -0.355 e. The second-order valence-electron chi connectivity index (χ2n) is 6.96. The lowest BCUT2D eigenvalue weighted by Gasteiger charge is -2.04. The molecular weight excluding hydrogens is 352 g/mol. The lowest BCUT2D eigenvalue weighted by atomic mass is 10.0. The molecule has 2 heterocycles. The zero-order chi connectivity index (χ0) is 18.0. The van der Waals surface area contributed by atoms with Crippen molar-refractivity contribution in [2.24, 2.45) is 0 Å². The molecule has 0 aliphatic heterocycles. The Balaban J connectivity index is 1.62. The van der Waals surface area contributed by atoms with Crippen LogP contribution in [-0.2, 0) is 0 Å². The summed E-state index contributed by atoms with van der Waals surface area (Å²) in [7, 11) is 0. The van der Waals surface area contributed by atoms with E-state index in [0.29, 0.717) is 0 Å². The van der Waals surface area contributed by atoms with Crippen molar-refractivity contribution in [2.75, 3.05) is 0 Å². The van der Waals surface area contributed by atoms with Crippen molar-refractivity contribution in [2.45, 2.75) is 0 Å². The van der Waals surface area contributed by atoms with Crippen molar-refractivity contribution in [1.82, 2.24) is 9.07 Å². The molecule has 27 heavy (non-hydrogen) atoms. The fraction of sp³-hybridized carbons (Fsp3) is 0. The number of aromatic nitrogens is 2. The molecule has 6 aromatic rings. The molecule has 0 amide bonds. The molecule has 2 nitrogen and oxygen atoms in total. The largest absolute Gasteiger partial charge is 0.355 e. The molecule has 0 spiro atoms. The Hall–Kier alpha value is -3.23. The van der Waals surface area contributed by atoms with Gasteiger partial charge in [-0.3, -0.25) is 4.09 Å². The highest BCUT2D eigenvalue weighted by atomic mass is 35.5. The number of nitrogens with zero attached hydrogens (tertiary/aromatic N) is 1. The topological polar surface area (TPSA) is 20.7 Å². The average molecular weight is 367 g/mol. The maximum absolute atomic E-state index is 6.53. The highest BCUT2D eigenvalue weighted by Crippen LogP contribution is 2.35. The Morgan fingerprint density at radius 1 is 0.556 bits per heavy atom. The average Bonchev–Trinajstić information content (AvgIpc) is 3.23. The fourth-order valence-electron chi connectivity index (χ4n) is 4.13. The third kappa shape index (κ3) is 2.08. The SMILES string of the molecule is Cln1c2ccccc2c2cc(-c3ccc4[nH]c5ccccc5c4c3)ccc21. The summed E-state index contributed by atoms with van der Waals surface area (Å²) in [5, 5.41) is 4.87. The lowest BCUT2D eigenvalue weighted by Crippen LogP contribution is -1.81. The first-order chi connectivity index (χ1) is 13.3. The minimum absolute atomic E-state index is 1.04. The number of para-hydroxylation sites is 2. The van der Waals surface area contributed by atoms with E-state index in [1.165, 1.54) is 43.7 Å². The number of fused-ring (bicyclic) bond motifs is 6. The Morgan fingerprint density at radius 2 is 1.19 bits per heavy atom. The number of H-pyrrole nitrogens is 1. The van der Waals surface area contributed by atoms with Crippen LogP contribution in [0.3, 0.4) is 0 Å². The van der Waals surface area contributed by atoms with Crippen molar-refractivity contribution in [3.8, 4) is 11.1 Å². The smallest absolute Gasteiger partial charge is 0.0661 e. The van der Waals surface area contributed by atoms with Crippen molar-refractivity contribution in [3.05, 3.63) is 84.9 Å². The molecule has 0 saturated heterocycles. The first-order valence-corrected chi connectivity index (χ1v) is 9.34. The van der Waals surface area contributed by atoms with Gasteiger partial charge in [-0.2, -0.15) is 0 Å². The van der Waals surface area contributed by atoms with Gasteiger partial charge in [-0.1, -0.05) is 48.5 Å². The maximum atomic E-state index is 6.53. The Labute approximate surface area is 160 Å². The zero-order valence-corrected chi connectivity index (χ0v) is 15.2. The summed E-state index contributed by atoms with van der Waals surface area (Å²) < 4.78 is 1.75. The van der Waals surface area contributed by atoms with Crippen LogP contribution in [0.1, 0.15) is 0 Å². The molecule has 0 bridgehead atoms. The zero-order valence-electron chi connectivity index (χ0n) is 14.4. The van der Waals surface area contributed by atoms with E-state index in [0.717, 1.165) is 11.0 Å². The predicted octanol–water partition coefficient (Wildman–Crippen LogP) is 7.10. The second kappa shape index (κ2) is 5.38. The van der Waals surface area contributed by atoms with Crippen LogP contribution in [0.4, 0.5) is 0 Å². The molecule has 0 saturated carbocycles. The van der Waals surface area contributed by atoms with Gasteiger partial charge >= 0.3 is 0 Å². The number of aromatic amines is 1. The van der Waals surface area contributed by atoms with Gasteiger partial charge in [-0.15, -0.1) is 0 Å². The lowest BCUT2D eigenvalue weighted by molar-refractivity contribution is 1.40. The summed E-state index contributed by atoms with van der Waals surface area (Å²) in [6, 6.07) is 29.8. The highest BCUT2D eigenvalue weighted by Gasteiger charge is 2.11. The molecule has 2 aromatic heterocycles. The van der Waals surface area contributed by atoms with Crippen LogP contribution in [0.2, 0.25) is 0 Å². The number of hydrogen-bond donors (Lipinski definition) is 1. The number of benzene rings is 4. The van der Waals surface area contributed by atoms with E-state index < -0.39 is 0 Å². The molecule has 1 N–H and O–H groups in total. The molecular formula is C24H15ClN2. The van der Waals surface area contributed by atoms with Gasteiger partial charge in [-0.05, 0) is 47.5 Å². The van der Waals surface area contributed by atoms with Gasteiger partial charge in [0.2, 0.25) is 0 Å². The van der Waals surface area contributed by atoms with Gasteiger partial charge in [0.05, 0.1) is 11.0 Å². The fourth-order valence-corrected chi connectivity index (χ4v) is 4.43. The predicted molar refractivity (Wildman–Crippen MR) is 115 cm³/mol. The third-order valence-corrected chi connectivity index (χ3v) is 5.82. The molecule has 6 rings (SSSR count). The molecule has 0 aliphatic rings. The molecule has 0 aliphatic carbocycles.